The summed E-state index contributed by atoms with van der Waals surface area (Å²) in [6, 6.07) is 0.295. The van der Waals surface area contributed by atoms with Crippen LogP contribution in [0.15, 0.2) is 6.20 Å². The van der Waals surface area contributed by atoms with Crippen molar-refractivity contribution in [2.75, 3.05) is 5.32 Å². The quantitative estimate of drug-likeness (QED) is 0.660. The van der Waals surface area contributed by atoms with E-state index < -0.39 is 0 Å². The Morgan fingerprint density at radius 1 is 1.61 bits per heavy atom. The highest BCUT2D eigenvalue weighted by atomic mass is 16.6. The van der Waals surface area contributed by atoms with Gasteiger partial charge in [0.15, 0.2) is 0 Å². The van der Waals surface area contributed by atoms with Gasteiger partial charge in [-0.3, -0.25) is 14.8 Å². The molecule has 6 nitrogen and oxygen atoms in total. The standard InChI is InChI=1S/C12H20N4O2/c1-4-9-5-6-10(8(9)2)13-12-11(16(17)18)7-15(3)14-12/h7-10H,4-6H2,1-3H3,(H,13,14). The monoisotopic (exact) mass is 252 g/mol. The lowest BCUT2D eigenvalue weighted by molar-refractivity contribution is -0.384. The number of rotatable bonds is 4. The largest absolute Gasteiger partial charge is 0.360 e. The average molecular weight is 252 g/mol. The van der Waals surface area contributed by atoms with Crippen molar-refractivity contribution < 1.29 is 4.92 Å². The van der Waals surface area contributed by atoms with Crippen molar-refractivity contribution in [3.8, 4) is 0 Å². The predicted octanol–water partition coefficient (Wildman–Crippen LogP) is 2.56. The van der Waals surface area contributed by atoms with Gasteiger partial charge in [-0.1, -0.05) is 20.3 Å². The molecule has 1 aromatic heterocycles. The molecule has 1 aromatic rings. The Bertz CT molecular complexity index is 443. The zero-order valence-electron chi connectivity index (χ0n) is 11.1. The maximum absolute atomic E-state index is 10.9. The molecular weight excluding hydrogens is 232 g/mol. The SMILES string of the molecule is CCC1CCC(Nc2nn(C)cc2[N+](=O)[O-])C1C. The topological polar surface area (TPSA) is 73.0 Å². The van der Waals surface area contributed by atoms with Gasteiger partial charge in [0.2, 0.25) is 5.82 Å². The van der Waals surface area contributed by atoms with Crippen molar-refractivity contribution in [3.63, 3.8) is 0 Å². The molecule has 3 unspecified atom stereocenters. The lowest BCUT2D eigenvalue weighted by Crippen LogP contribution is -2.25. The Balaban J connectivity index is 2.13. The van der Waals surface area contributed by atoms with Gasteiger partial charge in [0.25, 0.3) is 0 Å². The molecule has 1 fully saturated rings. The molecule has 1 saturated carbocycles. The maximum Gasteiger partial charge on any atom is 0.330 e. The van der Waals surface area contributed by atoms with Gasteiger partial charge >= 0.3 is 5.69 Å². The van der Waals surface area contributed by atoms with E-state index in [0.29, 0.717) is 23.7 Å². The lowest BCUT2D eigenvalue weighted by Gasteiger charge is -2.20. The normalized spacial score (nSPS) is 27.4. The summed E-state index contributed by atoms with van der Waals surface area (Å²) in [5.74, 6) is 1.65. The Labute approximate surface area is 107 Å². The third kappa shape index (κ3) is 2.32. The summed E-state index contributed by atoms with van der Waals surface area (Å²) < 4.78 is 1.48. The fourth-order valence-electron chi connectivity index (χ4n) is 2.92. The summed E-state index contributed by atoms with van der Waals surface area (Å²) in [5.41, 5.74) is 0.0599. The van der Waals surface area contributed by atoms with Crippen LogP contribution in [0.3, 0.4) is 0 Å². The van der Waals surface area contributed by atoms with Crippen molar-refractivity contribution in [1.82, 2.24) is 9.78 Å². The first-order valence-corrected chi connectivity index (χ1v) is 6.47. The molecule has 0 aromatic carbocycles. The Kier molecular flexibility index (Phi) is 3.54. The van der Waals surface area contributed by atoms with Crippen LogP contribution in [-0.2, 0) is 7.05 Å². The van der Waals surface area contributed by atoms with Crippen LogP contribution >= 0.6 is 0 Å². The Hall–Kier alpha value is -1.59. The molecule has 6 heteroatoms. The lowest BCUT2D eigenvalue weighted by atomic mass is 9.93. The molecule has 0 amide bonds. The van der Waals surface area contributed by atoms with E-state index in [-0.39, 0.29) is 10.6 Å². The zero-order chi connectivity index (χ0) is 13.3. The van der Waals surface area contributed by atoms with E-state index >= 15 is 0 Å². The molecule has 0 bridgehead atoms. The van der Waals surface area contributed by atoms with E-state index in [1.165, 1.54) is 23.7 Å². The first-order valence-electron chi connectivity index (χ1n) is 6.47. The van der Waals surface area contributed by atoms with Crippen molar-refractivity contribution in [1.29, 1.82) is 0 Å². The van der Waals surface area contributed by atoms with Crippen LogP contribution in [0.5, 0.6) is 0 Å². The molecule has 1 heterocycles. The van der Waals surface area contributed by atoms with Crippen LogP contribution in [0, 0.1) is 22.0 Å². The number of aryl methyl sites for hydroxylation is 1. The van der Waals surface area contributed by atoms with Crippen molar-refractivity contribution in [3.05, 3.63) is 16.3 Å². The molecule has 1 N–H and O–H groups in total. The average Bonchev–Trinajstić information content (AvgIpc) is 2.84. The van der Waals surface area contributed by atoms with Crippen LogP contribution in [0.2, 0.25) is 0 Å². The number of anilines is 1. The molecule has 0 spiro atoms. The summed E-state index contributed by atoms with van der Waals surface area (Å²) in [7, 11) is 1.70. The molecular formula is C12H20N4O2. The van der Waals surface area contributed by atoms with Crippen LogP contribution in [0.1, 0.15) is 33.1 Å². The maximum atomic E-state index is 10.9. The van der Waals surface area contributed by atoms with Gasteiger partial charge in [-0.05, 0) is 24.7 Å². The molecule has 0 aliphatic heterocycles. The Morgan fingerprint density at radius 3 is 2.89 bits per heavy atom. The smallest absolute Gasteiger partial charge is 0.330 e. The fraction of sp³-hybridized carbons (Fsp3) is 0.750. The number of nitrogens with zero attached hydrogens (tertiary/aromatic N) is 3. The van der Waals surface area contributed by atoms with Crippen molar-refractivity contribution in [2.45, 2.75) is 39.2 Å². The molecule has 1 aliphatic carbocycles. The number of nitro groups is 1. The second kappa shape index (κ2) is 4.96. The summed E-state index contributed by atoms with van der Waals surface area (Å²) in [6.45, 7) is 4.42. The molecule has 0 saturated heterocycles. The van der Waals surface area contributed by atoms with Gasteiger partial charge in [-0.2, -0.15) is 0 Å². The Morgan fingerprint density at radius 2 is 2.33 bits per heavy atom. The number of hydrogen-bond acceptors (Lipinski definition) is 4. The first kappa shape index (κ1) is 12.9. The van der Waals surface area contributed by atoms with Gasteiger partial charge in [-0.15, -0.1) is 5.10 Å². The predicted molar refractivity (Wildman–Crippen MR) is 69.5 cm³/mol. The van der Waals surface area contributed by atoms with Crippen LogP contribution < -0.4 is 5.32 Å². The number of nitrogens with one attached hydrogen (secondary N) is 1. The summed E-state index contributed by atoms with van der Waals surface area (Å²) >= 11 is 0. The summed E-state index contributed by atoms with van der Waals surface area (Å²) in [5, 5.41) is 18.3. The molecule has 0 radical (unpaired) electrons. The van der Waals surface area contributed by atoms with E-state index in [1.807, 2.05) is 0 Å². The van der Waals surface area contributed by atoms with Crippen LogP contribution in [0.25, 0.3) is 0 Å². The number of aromatic nitrogens is 2. The minimum atomic E-state index is -0.383. The van der Waals surface area contributed by atoms with Gasteiger partial charge in [0.05, 0.1) is 4.92 Å². The number of hydrogen-bond donors (Lipinski definition) is 1. The fourth-order valence-corrected chi connectivity index (χ4v) is 2.92. The van der Waals surface area contributed by atoms with Crippen molar-refractivity contribution >= 4 is 11.5 Å². The molecule has 2 rings (SSSR count). The molecule has 3 atom stereocenters. The van der Waals surface area contributed by atoms with Crippen LogP contribution in [0.4, 0.5) is 11.5 Å². The zero-order valence-corrected chi connectivity index (χ0v) is 11.1. The summed E-state index contributed by atoms with van der Waals surface area (Å²) in [6.07, 6.45) is 4.87. The van der Waals surface area contributed by atoms with E-state index in [1.54, 1.807) is 7.05 Å². The van der Waals surface area contributed by atoms with Gasteiger partial charge in [0, 0.05) is 13.1 Å². The third-order valence-electron chi connectivity index (χ3n) is 4.08. The van der Waals surface area contributed by atoms with Crippen LogP contribution in [-0.4, -0.2) is 20.7 Å². The van der Waals surface area contributed by atoms with Gasteiger partial charge < -0.3 is 5.32 Å². The second-order valence-electron chi connectivity index (χ2n) is 5.15. The van der Waals surface area contributed by atoms with Gasteiger partial charge in [0.1, 0.15) is 6.20 Å². The van der Waals surface area contributed by atoms with Gasteiger partial charge in [-0.25, -0.2) is 0 Å². The minimum absolute atomic E-state index is 0.0599. The summed E-state index contributed by atoms with van der Waals surface area (Å²) in [4.78, 5) is 10.5. The van der Waals surface area contributed by atoms with E-state index in [2.05, 4.69) is 24.3 Å². The van der Waals surface area contributed by atoms with E-state index in [9.17, 15) is 10.1 Å². The third-order valence-corrected chi connectivity index (χ3v) is 4.08. The second-order valence-corrected chi connectivity index (χ2v) is 5.15. The highest BCUT2D eigenvalue weighted by Crippen LogP contribution is 2.36. The highest BCUT2D eigenvalue weighted by Gasteiger charge is 2.33. The van der Waals surface area contributed by atoms with E-state index in [4.69, 9.17) is 0 Å². The highest BCUT2D eigenvalue weighted by molar-refractivity contribution is 5.55. The van der Waals surface area contributed by atoms with E-state index in [0.717, 1.165) is 6.42 Å². The molecule has 1 aliphatic rings. The molecule has 18 heavy (non-hydrogen) atoms. The first-order chi connectivity index (χ1) is 8.52. The minimum Gasteiger partial charge on any atom is -0.360 e. The van der Waals surface area contributed by atoms with Crippen molar-refractivity contribution in [2.24, 2.45) is 18.9 Å². The molecule has 100 valence electrons.